The van der Waals surface area contributed by atoms with Crippen LogP contribution in [0, 0.1) is 0 Å². The fourth-order valence-electron chi connectivity index (χ4n) is 2.92. The molecule has 0 aliphatic rings. The number of phenolic OH excluding ortho intramolecular Hbond substituents is 1. The molecule has 0 saturated heterocycles. The van der Waals surface area contributed by atoms with Gasteiger partial charge in [-0.2, -0.15) is 0 Å². The number of ether oxygens (including phenoxy) is 1. The molecule has 0 radical (unpaired) electrons. The molecular formula is C21H18O6S. The predicted molar refractivity (Wildman–Crippen MR) is 105 cm³/mol. The van der Waals surface area contributed by atoms with Crippen LogP contribution in [0.25, 0.3) is 17.2 Å². The van der Waals surface area contributed by atoms with Crippen molar-refractivity contribution in [1.29, 1.82) is 0 Å². The summed E-state index contributed by atoms with van der Waals surface area (Å²) in [5.41, 5.74) is 0.774. The Balaban J connectivity index is 2.14. The number of furan rings is 1. The number of hydrogen-bond acceptors (Lipinski definition) is 6. The van der Waals surface area contributed by atoms with Gasteiger partial charge in [0.15, 0.2) is 9.84 Å². The predicted octanol–water partition coefficient (Wildman–Crippen LogP) is 4.06. The first kappa shape index (κ1) is 19.4. The van der Waals surface area contributed by atoms with E-state index in [0.29, 0.717) is 16.9 Å². The van der Waals surface area contributed by atoms with E-state index in [-0.39, 0.29) is 21.8 Å². The van der Waals surface area contributed by atoms with Gasteiger partial charge < -0.3 is 14.3 Å². The summed E-state index contributed by atoms with van der Waals surface area (Å²) in [6.07, 6.45) is 2.90. The third kappa shape index (κ3) is 3.57. The van der Waals surface area contributed by atoms with Crippen molar-refractivity contribution in [2.24, 2.45) is 0 Å². The number of rotatable bonds is 6. The number of carbonyl (C=O) groups excluding carboxylic acids is 1. The first-order chi connectivity index (χ1) is 13.4. The Morgan fingerprint density at radius 2 is 1.86 bits per heavy atom. The van der Waals surface area contributed by atoms with Crippen LogP contribution in [0.1, 0.15) is 21.7 Å². The van der Waals surface area contributed by atoms with E-state index >= 15 is 0 Å². The first-order valence-corrected chi connectivity index (χ1v) is 9.95. The molecule has 0 fully saturated rings. The second-order valence-electron chi connectivity index (χ2n) is 5.96. The summed E-state index contributed by atoms with van der Waals surface area (Å²) < 4.78 is 35.5. The number of methoxy groups -OCH3 is 1. The lowest BCUT2D eigenvalue weighted by Crippen LogP contribution is -2.12. The van der Waals surface area contributed by atoms with Crippen molar-refractivity contribution in [2.45, 2.75) is 10.6 Å². The highest BCUT2D eigenvalue weighted by Crippen LogP contribution is 2.38. The normalized spacial score (nSPS) is 11.2. The summed E-state index contributed by atoms with van der Waals surface area (Å²) in [7, 11) is -2.56. The first-order valence-electron chi connectivity index (χ1n) is 8.30. The number of hydrogen-bond donors (Lipinski definition) is 1. The number of benzene rings is 2. The maximum absolute atomic E-state index is 12.7. The molecule has 0 amide bonds. The lowest BCUT2D eigenvalue weighted by atomic mass is 9.98. The van der Waals surface area contributed by atoms with Crippen LogP contribution < -0.4 is 0 Å². The Labute approximate surface area is 162 Å². The van der Waals surface area contributed by atoms with Gasteiger partial charge in [0.05, 0.1) is 24.0 Å². The topological polar surface area (TPSA) is 93.8 Å². The van der Waals surface area contributed by atoms with Gasteiger partial charge in [-0.25, -0.2) is 13.2 Å². The van der Waals surface area contributed by atoms with E-state index in [0.717, 1.165) is 7.11 Å². The van der Waals surface area contributed by atoms with E-state index in [9.17, 15) is 18.3 Å². The standard InChI is InChI=1S/C21H18O6S/c1-3-18-16(11-12-27-18)17-10-9-14(19(20(17)22)21(23)26-2)13-28(24,25)15-7-5-4-6-8-15/h3-12,22H,1,13H2,2H3. The largest absolute Gasteiger partial charge is 0.506 e. The fraction of sp³-hybridized carbons (Fsp3) is 0.0952. The van der Waals surface area contributed by atoms with Crippen LogP contribution >= 0.6 is 0 Å². The molecule has 0 aliphatic heterocycles. The van der Waals surface area contributed by atoms with Gasteiger partial charge in [0.2, 0.25) is 0 Å². The molecule has 0 spiro atoms. The minimum Gasteiger partial charge on any atom is -0.506 e. The molecule has 7 heteroatoms. The van der Waals surface area contributed by atoms with Gasteiger partial charge in [-0.1, -0.05) is 36.9 Å². The number of aromatic hydroxyl groups is 1. The van der Waals surface area contributed by atoms with Crippen molar-refractivity contribution >= 4 is 21.9 Å². The average molecular weight is 398 g/mol. The molecule has 3 aromatic rings. The Hall–Kier alpha value is -3.32. The Bertz CT molecular complexity index is 1130. The molecule has 0 bridgehead atoms. The summed E-state index contributed by atoms with van der Waals surface area (Å²) in [6.45, 7) is 3.65. The van der Waals surface area contributed by atoms with Crippen LogP contribution in [0.4, 0.5) is 0 Å². The quantitative estimate of drug-likeness (QED) is 0.630. The molecule has 1 aromatic heterocycles. The van der Waals surface area contributed by atoms with Crippen LogP contribution in [0.5, 0.6) is 5.75 Å². The lowest BCUT2D eigenvalue weighted by Gasteiger charge is -2.14. The lowest BCUT2D eigenvalue weighted by molar-refractivity contribution is 0.0596. The van der Waals surface area contributed by atoms with Crippen LogP contribution in [0.15, 0.2) is 70.7 Å². The number of sulfone groups is 1. The zero-order valence-corrected chi connectivity index (χ0v) is 15.9. The molecule has 3 rings (SSSR count). The summed E-state index contributed by atoms with van der Waals surface area (Å²) in [4.78, 5) is 12.5. The summed E-state index contributed by atoms with van der Waals surface area (Å²) in [6, 6.07) is 12.5. The SMILES string of the molecule is C=Cc1occc1-c1ccc(CS(=O)(=O)c2ccccc2)c(C(=O)OC)c1O. The minimum atomic E-state index is -3.73. The van der Waals surface area contributed by atoms with Crippen molar-refractivity contribution in [3.05, 3.63) is 78.3 Å². The highest BCUT2D eigenvalue weighted by Gasteiger charge is 2.26. The summed E-state index contributed by atoms with van der Waals surface area (Å²) in [5, 5.41) is 10.8. The van der Waals surface area contributed by atoms with Gasteiger partial charge in [-0.15, -0.1) is 0 Å². The van der Waals surface area contributed by atoms with Gasteiger partial charge in [0, 0.05) is 11.1 Å². The van der Waals surface area contributed by atoms with Crippen LogP contribution in [0.3, 0.4) is 0 Å². The van der Waals surface area contributed by atoms with Gasteiger partial charge in [-0.05, 0) is 29.8 Å². The zero-order valence-electron chi connectivity index (χ0n) is 15.1. The molecule has 0 unspecified atom stereocenters. The van der Waals surface area contributed by atoms with Crippen molar-refractivity contribution in [3.8, 4) is 16.9 Å². The highest BCUT2D eigenvalue weighted by molar-refractivity contribution is 7.90. The molecule has 1 heterocycles. The molecule has 6 nitrogen and oxygen atoms in total. The monoisotopic (exact) mass is 398 g/mol. The number of phenols is 1. The second kappa shape index (κ2) is 7.74. The average Bonchev–Trinajstić information content (AvgIpc) is 3.16. The smallest absolute Gasteiger partial charge is 0.341 e. The van der Waals surface area contributed by atoms with Crippen molar-refractivity contribution in [1.82, 2.24) is 0 Å². The molecule has 0 saturated carbocycles. The van der Waals surface area contributed by atoms with E-state index in [4.69, 9.17) is 9.15 Å². The Morgan fingerprint density at radius 1 is 1.14 bits per heavy atom. The van der Waals surface area contributed by atoms with Crippen molar-refractivity contribution < 1.29 is 27.5 Å². The van der Waals surface area contributed by atoms with Crippen molar-refractivity contribution in [2.75, 3.05) is 7.11 Å². The molecular weight excluding hydrogens is 380 g/mol. The van der Waals surface area contributed by atoms with Gasteiger partial charge in [-0.3, -0.25) is 0 Å². The zero-order chi connectivity index (χ0) is 20.3. The van der Waals surface area contributed by atoms with E-state index in [1.165, 1.54) is 36.6 Å². The Morgan fingerprint density at radius 3 is 2.50 bits per heavy atom. The van der Waals surface area contributed by atoms with Crippen LogP contribution in [-0.4, -0.2) is 26.6 Å². The van der Waals surface area contributed by atoms with E-state index in [1.807, 2.05) is 0 Å². The molecule has 28 heavy (non-hydrogen) atoms. The maximum Gasteiger partial charge on any atom is 0.341 e. The summed E-state index contributed by atoms with van der Waals surface area (Å²) in [5.74, 6) is -1.26. The van der Waals surface area contributed by atoms with E-state index in [1.54, 1.807) is 24.3 Å². The van der Waals surface area contributed by atoms with E-state index in [2.05, 4.69) is 6.58 Å². The fourth-order valence-corrected chi connectivity index (χ4v) is 4.31. The molecule has 2 aromatic carbocycles. The minimum absolute atomic E-state index is 0.123. The highest BCUT2D eigenvalue weighted by atomic mass is 32.2. The molecule has 144 valence electrons. The van der Waals surface area contributed by atoms with Gasteiger partial charge in [0.1, 0.15) is 17.1 Å². The van der Waals surface area contributed by atoms with Crippen molar-refractivity contribution in [3.63, 3.8) is 0 Å². The molecule has 0 aliphatic carbocycles. The van der Waals surface area contributed by atoms with Gasteiger partial charge >= 0.3 is 5.97 Å². The maximum atomic E-state index is 12.7. The summed E-state index contributed by atoms with van der Waals surface area (Å²) >= 11 is 0. The number of esters is 1. The van der Waals surface area contributed by atoms with Gasteiger partial charge in [0.25, 0.3) is 0 Å². The third-order valence-electron chi connectivity index (χ3n) is 4.27. The van der Waals surface area contributed by atoms with E-state index < -0.39 is 21.6 Å². The Kier molecular flexibility index (Phi) is 5.37. The van der Waals surface area contributed by atoms with Crippen LogP contribution in [-0.2, 0) is 20.3 Å². The third-order valence-corrected chi connectivity index (χ3v) is 5.95. The second-order valence-corrected chi connectivity index (χ2v) is 7.95. The molecule has 0 atom stereocenters. The van der Waals surface area contributed by atoms with Crippen LogP contribution in [0.2, 0.25) is 0 Å². The number of carbonyl (C=O) groups is 1. The molecule has 1 N–H and O–H groups in total.